The first-order valence-corrected chi connectivity index (χ1v) is 5.59. The minimum Gasteiger partial charge on any atom is -0.496 e. The smallest absolute Gasteiger partial charge is 0.150 e. The average Bonchev–Trinajstić information content (AvgIpc) is 2.38. The van der Waals surface area contributed by atoms with Crippen LogP contribution < -0.4 is 4.74 Å². The molecule has 0 unspecified atom stereocenters. The number of ether oxygens (including phenoxy) is 3. The van der Waals surface area contributed by atoms with E-state index >= 15 is 0 Å². The molecule has 4 heteroatoms. The number of methoxy groups -OCH3 is 1. The van der Waals surface area contributed by atoms with E-state index in [4.69, 9.17) is 14.2 Å². The summed E-state index contributed by atoms with van der Waals surface area (Å²) < 4.78 is 15.8. The quantitative estimate of drug-likeness (QED) is 0.513. The monoisotopic (exact) mass is 238 g/mol. The molecule has 0 aliphatic heterocycles. The molecule has 0 radical (unpaired) electrons. The molecule has 0 spiro atoms. The van der Waals surface area contributed by atoms with E-state index in [-0.39, 0.29) is 0 Å². The predicted molar refractivity (Wildman–Crippen MR) is 64.5 cm³/mol. The maximum Gasteiger partial charge on any atom is 0.150 e. The van der Waals surface area contributed by atoms with Crippen LogP contribution in [0, 0.1) is 0 Å². The summed E-state index contributed by atoms with van der Waals surface area (Å²) in [4.78, 5) is 10.7. The summed E-state index contributed by atoms with van der Waals surface area (Å²) in [5, 5.41) is 0. The van der Waals surface area contributed by atoms with Gasteiger partial charge in [0, 0.05) is 17.7 Å². The fourth-order valence-electron chi connectivity index (χ4n) is 1.43. The van der Waals surface area contributed by atoms with Crippen molar-refractivity contribution < 1.29 is 19.0 Å². The van der Waals surface area contributed by atoms with Crippen molar-refractivity contribution in [1.82, 2.24) is 0 Å². The zero-order chi connectivity index (χ0) is 12.5. The minimum absolute atomic E-state index is 0.415. The van der Waals surface area contributed by atoms with E-state index in [2.05, 4.69) is 0 Å². The SMILES string of the molecule is CCOCCOCc1cc(C=O)ccc1OC. The normalized spacial score (nSPS) is 10.2. The van der Waals surface area contributed by atoms with Crippen LogP contribution in [0.4, 0.5) is 0 Å². The van der Waals surface area contributed by atoms with Gasteiger partial charge in [0.05, 0.1) is 26.9 Å². The van der Waals surface area contributed by atoms with Crippen molar-refractivity contribution in [2.75, 3.05) is 26.9 Å². The van der Waals surface area contributed by atoms with Crippen molar-refractivity contribution in [2.45, 2.75) is 13.5 Å². The molecule has 0 saturated carbocycles. The molecule has 1 aromatic carbocycles. The Bertz CT molecular complexity index is 349. The van der Waals surface area contributed by atoms with Gasteiger partial charge in [0.15, 0.2) is 0 Å². The van der Waals surface area contributed by atoms with Crippen LogP contribution in [0.2, 0.25) is 0 Å². The van der Waals surface area contributed by atoms with Gasteiger partial charge in [-0.05, 0) is 25.1 Å². The molecule has 0 fully saturated rings. The van der Waals surface area contributed by atoms with Gasteiger partial charge in [-0.3, -0.25) is 4.79 Å². The summed E-state index contributed by atoms with van der Waals surface area (Å²) >= 11 is 0. The molecule has 0 N–H and O–H groups in total. The molecule has 4 nitrogen and oxygen atoms in total. The molecule has 0 amide bonds. The number of carbonyl (C=O) groups excluding carboxylic acids is 1. The summed E-state index contributed by atoms with van der Waals surface area (Å²) in [5.74, 6) is 0.729. The first-order chi connectivity index (χ1) is 8.31. The van der Waals surface area contributed by atoms with Gasteiger partial charge in [0.2, 0.25) is 0 Å². The number of aldehydes is 1. The van der Waals surface area contributed by atoms with E-state index in [9.17, 15) is 4.79 Å². The number of carbonyl (C=O) groups is 1. The topological polar surface area (TPSA) is 44.8 Å². The zero-order valence-corrected chi connectivity index (χ0v) is 10.3. The molecule has 0 heterocycles. The minimum atomic E-state index is 0.415. The number of hydrogen-bond acceptors (Lipinski definition) is 4. The van der Waals surface area contributed by atoms with Crippen LogP contribution in [-0.4, -0.2) is 33.2 Å². The summed E-state index contributed by atoms with van der Waals surface area (Å²) in [6.07, 6.45) is 0.809. The van der Waals surface area contributed by atoms with Gasteiger partial charge in [-0.1, -0.05) is 0 Å². The summed E-state index contributed by atoms with van der Waals surface area (Å²) in [6, 6.07) is 5.26. The van der Waals surface area contributed by atoms with Crippen LogP contribution in [0.5, 0.6) is 5.75 Å². The van der Waals surface area contributed by atoms with Gasteiger partial charge >= 0.3 is 0 Å². The maximum absolute atomic E-state index is 10.7. The van der Waals surface area contributed by atoms with Crippen LogP contribution in [0.1, 0.15) is 22.8 Å². The largest absolute Gasteiger partial charge is 0.496 e. The fraction of sp³-hybridized carbons (Fsp3) is 0.462. The molecule has 0 aliphatic carbocycles. The Morgan fingerprint density at radius 1 is 1.24 bits per heavy atom. The van der Waals surface area contributed by atoms with Crippen molar-refractivity contribution in [3.05, 3.63) is 29.3 Å². The number of rotatable bonds is 8. The third-order valence-corrected chi connectivity index (χ3v) is 2.27. The number of benzene rings is 1. The van der Waals surface area contributed by atoms with Gasteiger partial charge in [-0.25, -0.2) is 0 Å². The highest BCUT2D eigenvalue weighted by molar-refractivity contribution is 5.75. The molecule has 17 heavy (non-hydrogen) atoms. The third kappa shape index (κ3) is 4.54. The Balaban J connectivity index is 2.52. The lowest BCUT2D eigenvalue weighted by molar-refractivity contribution is 0.0446. The molecule has 0 aromatic heterocycles. The van der Waals surface area contributed by atoms with Gasteiger partial charge in [0.25, 0.3) is 0 Å². The molecule has 0 atom stereocenters. The lowest BCUT2D eigenvalue weighted by Gasteiger charge is -2.09. The van der Waals surface area contributed by atoms with Crippen LogP contribution in [0.3, 0.4) is 0 Å². The predicted octanol–water partition coefficient (Wildman–Crippen LogP) is 2.06. The van der Waals surface area contributed by atoms with Crippen LogP contribution in [-0.2, 0) is 16.1 Å². The highest BCUT2D eigenvalue weighted by Gasteiger charge is 2.04. The lowest BCUT2D eigenvalue weighted by atomic mass is 10.1. The first-order valence-electron chi connectivity index (χ1n) is 5.59. The molecule has 0 saturated heterocycles. The van der Waals surface area contributed by atoms with Crippen LogP contribution in [0.25, 0.3) is 0 Å². The van der Waals surface area contributed by atoms with Gasteiger partial charge in [-0.2, -0.15) is 0 Å². The Labute approximate surface area is 101 Å². The van der Waals surface area contributed by atoms with E-state index in [0.717, 1.165) is 17.6 Å². The van der Waals surface area contributed by atoms with Crippen molar-refractivity contribution >= 4 is 6.29 Å². The van der Waals surface area contributed by atoms with Crippen molar-refractivity contribution in [1.29, 1.82) is 0 Å². The third-order valence-electron chi connectivity index (χ3n) is 2.27. The van der Waals surface area contributed by atoms with Gasteiger partial charge < -0.3 is 14.2 Å². The molecule has 0 aliphatic rings. The Morgan fingerprint density at radius 2 is 2.00 bits per heavy atom. The summed E-state index contributed by atoms with van der Waals surface area (Å²) in [6.45, 7) is 4.15. The molecule has 94 valence electrons. The average molecular weight is 238 g/mol. The summed E-state index contributed by atoms with van der Waals surface area (Å²) in [7, 11) is 1.60. The maximum atomic E-state index is 10.7. The zero-order valence-electron chi connectivity index (χ0n) is 10.3. The Morgan fingerprint density at radius 3 is 2.65 bits per heavy atom. The van der Waals surface area contributed by atoms with Gasteiger partial charge in [-0.15, -0.1) is 0 Å². The fourth-order valence-corrected chi connectivity index (χ4v) is 1.43. The van der Waals surface area contributed by atoms with Crippen molar-refractivity contribution in [3.63, 3.8) is 0 Å². The first kappa shape index (κ1) is 13.7. The molecule has 1 aromatic rings. The molecule has 0 bridgehead atoms. The highest BCUT2D eigenvalue weighted by Crippen LogP contribution is 2.20. The van der Waals surface area contributed by atoms with Gasteiger partial charge in [0.1, 0.15) is 12.0 Å². The van der Waals surface area contributed by atoms with Crippen LogP contribution >= 0.6 is 0 Å². The Hall–Kier alpha value is -1.39. The second kappa shape index (κ2) is 7.81. The second-order valence-electron chi connectivity index (χ2n) is 3.44. The van der Waals surface area contributed by atoms with E-state index in [1.807, 2.05) is 6.92 Å². The number of hydrogen-bond donors (Lipinski definition) is 0. The Kier molecular flexibility index (Phi) is 6.29. The van der Waals surface area contributed by atoms with E-state index in [1.54, 1.807) is 25.3 Å². The molecular weight excluding hydrogens is 220 g/mol. The van der Waals surface area contributed by atoms with Crippen LogP contribution in [0.15, 0.2) is 18.2 Å². The van der Waals surface area contributed by atoms with E-state index < -0.39 is 0 Å². The molecular formula is C13H18O4. The van der Waals surface area contributed by atoms with Crippen molar-refractivity contribution in [3.8, 4) is 5.75 Å². The standard InChI is InChI=1S/C13H18O4/c1-3-16-6-7-17-10-12-8-11(9-14)4-5-13(12)15-2/h4-5,8-9H,3,6-7,10H2,1-2H3. The summed E-state index contributed by atoms with van der Waals surface area (Å²) in [5.41, 5.74) is 1.49. The van der Waals surface area contributed by atoms with E-state index in [1.165, 1.54) is 0 Å². The van der Waals surface area contributed by atoms with Crippen molar-refractivity contribution in [2.24, 2.45) is 0 Å². The molecule has 1 rings (SSSR count). The second-order valence-corrected chi connectivity index (χ2v) is 3.44. The van der Waals surface area contributed by atoms with E-state index in [0.29, 0.717) is 32.0 Å². The highest BCUT2D eigenvalue weighted by atomic mass is 16.5. The lowest BCUT2D eigenvalue weighted by Crippen LogP contribution is -2.05.